The summed E-state index contributed by atoms with van der Waals surface area (Å²) >= 11 is 0. The monoisotopic (exact) mass is 449 g/mol. The number of carbonyl (C=O) groups is 5. The molecule has 2 N–H and O–H groups in total. The van der Waals surface area contributed by atoms with Crippen molar-refractivity contribution in [2.75, 3.05) is 11.9 Å². The number of nitrogens with zero attached hydrogens (tertiary/aromatic N) is 1. The number of carbonyl (C=O) groups excluding carboxylic acids is 5. The van der Waals surface area contributed by atoms with E-state index in [-0.39, 0.29) is 48.7 Å². The van der Waals surface area contributed by atoms with Crippen LogP contribution in [-0.2, 0) is 25.7 Å². The van der Waals surface area contributed by atoms with Crippen molar-refractivity contribution in [1.29, 1.82) is 0 Å². The number of likely N-dealkylation sites (tertiary alicyclic amines) is 1. The van der Waals surface area contributed by atoms with Crippen molar-refractivity contribution in [3.63, 3.8) is 0 Å². The summed E-state index contributed by atoms with van der Waals surface area (Å²) in [5.41, 5.74) is 1.81. The van der Waals surface area contributed by atoms with Crippen LogP contribution in [0.5, 0.6) is 0 Å². The van der Waals surface area contributed by atoms with Crippen LogP contribution >= 0.6 is 0 Å². The summed E-state index contributed by atoms with van der Waals surface area (Å²) < 4.78 is 5.06. The van der Waals surface area contributed by atoms with Crippen LogP contribution in [0.4, 0.5) is 5.69 Å². The lowest BCUT2D eigenvalue weighted by atomic mass is 10.1. The third kappa shape index (κ3) is 5.82. The Morgan fingerprint density at radius 2 is 1.64 bits per heavy atom. The van der Waals surface area contributed by atoms with Crippen molar-refractivity contribution < 1.29 is 28.7 Å². The number of benzene rings is 2. The molecule has 2 aromatic rings. The van der Waals surface area contributed by atoms with Gasteiger partial charge in [-0.15, -0.1) is 0 Å². The molecule has 9 heteroatoms. The molecule has 1 saturated heterocycles. The Balaban J connectivity index is 1.26. The predicted molar refractivity (Wildman–Crippen MR) is 117 cm³/mol. The Hall–Kier alpha value is -4.01. The van der Waals surface area contributed by atoms with Crippen LogP contribution in [0.3, 0.4) is 0 Å². The fraction of sp³-hybridized carbons (Fsp3) is 0.292. The Labute approximate surface area is 190 Å². The van der Waals surface area contributed by atoms with E-state index in [1.807, 2.05) is 0 Å². The normalized spacial score (nSPS) is 15.3. The summed E-state index contributed by atoms with van der Waals surface area (Å²) in [4.78, 5) is 61.2. The minimum absolute atomic E-state index is 0.160. The van der Waals surface area contributed by atoms with Crippen molar-refractivity contribution in [3.05, 3.63) is 65.2 Å². The summed E-state index contributed by atoms with van der Waals surface area (Å²) in [6, 6.07) is 13.1. The van der Waals surface area contributed by atoms with Gasteiger partial charge >= 0.3 is 5.97 Å². The van der Waals surface area contributed by atoms with E-state index in [1.165, 1.54) is 17.0 Å². The summed E-state index contributed by atoms with van der Waals surface area (Å²) in [6.45, 7) is -0.330. The van der Waals surface area contributed by atoms with Crippen molar-refractivity contribution in [2.24, 2.45) is 0 Å². The van der Waals surface area contributed by atoms with E-state index in [0.29, 0.717) is 16.8 Å². The van der Waals surface area contributed by atoms with Crippen LogP contribution in [0.1, 0.15) is 52.0 Å². The van der Waals surface area contributed by atoms with Gasteiger partial charge in [-0.25, -0.2) is 4.79 Å². The van der Waals surface area contributed by atoms with Gasteiger partial charge in [0.2, 0.25) is 11.8 Å². The summed E-state index contributed by atoms with van der Waals surface area (Å²) in [5.74, 6) is -1.82. The standard InChI is InChI=1S/C24H23N3O6/c28-20(25-19-3-1-2-17(12-19)23(31)26-18-8-9-18)14-33-24(32)16-6-4-15(5-7-16)13-27-21(29)10-11-22(27)30/h1-7,12,18H,8-11,13-14H2,(H,25,28)(H,26,31). The zero-order valence-electron chi connectivity index (χ0n) is 17.8. The highest BCUT2D eigenvalue weighted by Crippen LogP contribution is 2.20. The molecule has 4 rings (SSSR count). The van der Waals surface area contributed by atoms with E-state index < -0.39 is 18.5 Å². The van der Waals surface area contributed by atoms with Gasteiger partial charge in [-0.05, 0) is 48.7 Å². The second-order valence-electron chi connectivity index (χ2n) is 8.02. The van der Waals surface area contributed by atoms with Crippen LogP contribution < -0.4 is 10.6 Å². The first kappa shape index (κ1) is 22.2. The second-order valence-corrected chi connectivity index (χ2v) is 8.02. The van der Waals surface area contributed by atoms with E-state index >= 15 is 0 Å². The molecule has 0 spiro atoms. The molecule has 1 aliphatic heterocycles. The van der Waals surface area contributed by atoms with Gasteiger partial charge in [0.05, 0.1) is 12.1 Å². The number of rotatable bonds is 8. The highest BCUT2D eigenvalue weighted by atomic mass is 16.5. The van der Waals surface area contributed by atoms with Gasteiger partial charge in [0.1, 0.15) is 0 Å². The van der Waals surface area contributed by atoms with Gasteiger partial charge in [-0.1, -0.05) is 18.2 Å². The quantitative estimate of drug-likeness (QED) is 0.470. The maximum absolute atomic E-state index is 12.2. The molecule has 9 nitrogen and oxygen atoms in total. The van der Waals surface area contributed by atoms with Crippen LogP contribution in [-0.4, -0.2) is 47.1 Å². The third-order valence-corrected chi connectivity index (χ3v) is 5.34. The van der Waals surface area contributed by atoms with E-state index in [2.05, 4.69) is 10.6 Å². The Kier molecular flexibility index (Phi) is 6.48. The molecule has 2 aromatic carbocycles. The third-order valence-electron chi connectivity index (χ3n) is 5.34. The molecule has 0 aromatic heterocycles. The number of anilines is 1. The average molecular weight is 449 g/mol. The number of hydrogen-bond acceptors (Lipinski definition) is 6. The summed E-state index contributed by atoms with van der Waals surface area (Å²) in [5, 5.41) is 5.49. The number of imide groups is 1. The van der Waals surface area contributed by atoms with Crippen molar-refractivity contribution in [2.45, 2.75) is 38.3 Å². The van der Waals surface area contributed by atoms with Gasteiger partial charge in [0, 0.05) is 30.1 Å². The van der Waals surface area contributed by atoms with Crippen LogP contribution in [0.2, 0.25) is 0 Å². The van der Waals surface area contributed by atoms with Crippen LogP contribution in [0, 0.1) is 0 Å². The molecular formula is C24H23N3O6. The van der Waals surface area contributed by atoms with E-state index in [4.69, 9.17) is 4.74 Å². The maximum atomic E-state index is 12.2. The first-order valence-electron chi connectivity index (χ1n) is 10.7. The molecule has 170 valence electrons. The molecule has 2 fully saturated rings. The first-order valence-corrected chi connectivity index (χ1v) is 10.7. The van der Waals surface area contributed by atoms with E-state index in [1.54, 1.807) is 36.4 Å². The average Bonchev–Trinajstić information content (AvgIpc) is 3.58. The SMILES string of the molecule is O=C(COC(=O)c1ccc(CN2C(=O)CCC2=O)cc1)Nc1cccc(C(=O)NC2CC2)c1. The molecule has 1 heterocycles. The lowest BCUT2D eigenvalue weighted by Crippen LogP contribution is -2.28. The van der Waals surface area contributed by atoms with Gasteiger partial charge in [0.15, 0.2) is 6.61 Å². The molecule has 1 saturated carbocycles. The topological polar surface area (TPSA) is 122 Å². The maximum Gasteiger partial charge on any atom is 0.338 e. The largest absolute Gasteiger partial charge is 0.452 e. The molecule has 0 bridgehead atoms. The van der Waals surface area contributed by atoms with Crippen molar-refractivity contribution in [1.82, 2.24) is 10.2 Å². The molecule has 0 radical (unpaired) electrons. The molecule has 1 aliphatic carbocycles. The summed E-state index contributed by atoms with van der Waals surface area (Å²) in [6.07, 6.45) is 2.41. The van der Waals surface area contributed by atoms with Gasteiger partial charge < -0.3 is 15.4 Å². The molecule has 0 atom stereocenters. The van der Waals surface area contributed by atoms with Gasteiger partial charge in [0.25, 0.3) is 11.8 Å². The van der Waals surface area contributed by atoms with Crippen LogP contribution in [0.15, 0.2) is 48.5 Å². The number of ether oxygens (including phenoxy) is 1. The lowest BCUT2D eigenvalue weighted by Gasteiger charge is -2.13. The smallest absolute Gasteiger partial charge is 0.338 e. The summed E-state index contributed by atoms with van der Waals surface area (Å²) in [7, 11) is 0. The fourth-order valence-electron chi connectivity index (χ4n) is 3.37. The molecular weight excluding hydrogens is 426 g/mol. The number of nitrogens with one attached hydrogen (secondary N) is 2. The predicted octanol–water partition coefficient (Wildman–Crippen LogP) is 2.02. The number of amides is 4. The molecule has 4 amide bonds. The van der Waals surface area contributed by atoms with E-state index in [0.717, 1.165) is 12.8 Å². The molecule has 2 aliphatic rings. The zero-order chi connectivity index (χ0) is 23.4. The minimum atomic E-state index is -0.678. The van der Waals surface area contributed by atoms with Gasteiger partial charge in [-0.3, -0.25) is 24.1 Å². The number of hydrogen-bond donors (Lipinski definition) is 2. The fourth-order valence-corrected chi connectivity index (χ4v) is 3.37. The molecule has 0 unspecified atom stereocenters. The Bertz CT molecular complexity index is 1090. The number of esters is 1. The first-order chi connectivity index (χ1) is 15.9. The van der Waals surface area contributed by atoms with Crippen molar-refractivity contribution in [3.8, 4) is 0 Å². The lowest BCUT2D eigenvalue weighted by molar-refractivity contribution is -0.139. The Morgan fingerprint density at radius 1 is 0.939 bits per heavy atom. The molecule has 33 heavy (non-hydrogen) atoms. The highest BCUT2D eigenvalue weighted by Gasteiger charge is 2.28. The highest BCUT2D eigenvalue weighted by molar-refractivity contribution is 6.02. The van der Waals surface area contributed by atoms with E-state index in [9.17, 15) is 24.0 Å². The Morgan fingerprint density at radius 3 is 2.30 bits per heavy atom. The second kappa shape index (κ2) is 9.64. The zero-order valence-corrected chi connectivity index (χ0v) is 17.8. The minimum Gasteiger partial charge on any atom is -0.452 e. The van der Waals surface area contributed by atoms with Gasteiger partial charge in [-0.2, -0.15) is 0 Å². The van der Waals surface area contributed by atoms with Crippen molar-refractivity contribution >= 4 is 35.3 Å². The van der Waals surface area contributed by atoms with Crippen LogP contribution in [0.25, 0.3) is 0 Å².